The van der Waals surface area contributed by atoms with E-state index in [4.69, 9.17) is 9.16 Å². The van der Waals surface area contributed by atoms with Gasteiger partial charge in [0.25, 0.3) is 0 Å². The van der Waals surface area contributed by atoms with E-state index in [2.05, 4.69) is 83.3 Å². The molecule has 2 aromatic heterocycles. The summed E-state index contributed by atoms with van der Waals surface area (Å²) in [5, 5.41) is 19.2. The van der Waals surface area contributed by atoms with E-state index in [1.165, 1.54) is 28.2 Å². The summed E-state index contributed by atoms with van der Waals surface area (Å²) in [6.45, 7) is 17.0. The van der Waals surface area contributed by atoms with Crippen molar-refractivity contribution in [3.05, 3.63) is 60.2 Å². The van der Waals surface area contributed by atoms with Gasteiger partial charge in [0.05, 0.1) is 22.7 Å². The van der Waals surface area contributed by atoms with Crippen LogP contribution in [0.3, 0.4) is 0 Å². The van der Waals surface area contributed by atoms with E-state index >= 15 is 0 Å². The van der Waals surface area contributed by atoms with Crippen LogP contribution in [0.25, 0.3) is 9.53 Å². The minimum atomic E-state index is -1.80. The number of rotatable bonds is 11. The van der Waals surface area contributed by atoms with Gasteiger partial charge in [-0.15, -0.1) is 20.5 Å². The highest BCUT2D eigenvalue weighted by molar-refractivity contribution is 7.30. The number of fused-ring (bicyclic) bond motifs is 1. The second-order valence-electron chi connectivity index (χ2n) is 11.6. The quantitative estimate of drug-likeness (QED) is 0.126. The van der Waals surface area contributed by atoms with E-state index in [9.17, 15) is 0 Å². The molecule has 3 heterocycles. The van der Waals surface area contributed by atoms with Gasteiger partial charge in [-0.1, -0.05) is 62.5 Å². The third-order valence-electron chi connectivity index (χ3n) is 8.33. The maximum Gasteiger partial charge on any atom is 0.231 e. The lowest BCUT2D eigenvalue weighted by Crippen LogP contribution is -2.45. The van der Waals surface area contributed by atoms with Gasteiger partial charge >= 0.3 is 0 Å². The van der Waals surface area contributed by atoms with Crippen LogP contribution in [0.15, 0.2) is 75.1 Å². The molecule has 8 nitrogen and oxygen atoms in total. The number of thiophene rings is 1. The molecule has 0 N–H and O–H groups in total. The predicted molar refractivity (Wildman–Crippen MR) is 173 cm³/mol. The maximum absolute atomic E-state index is 6.46. The number of hydrogen-bond acceptors (Lipinski definition) is 10. The van der Waals surface area contributed by atoms with Crippen LogP contribution in [-0.4, -0.2) is 39.8 Å². The minimum Gasteiger partial charge on any atom is -0.416 e. The van der Waals surface area contributed by atoms with Crippen molar-refractivity contribution in [2.45, 2.75) is 52.2 Å². The normalized spacial score (nSPS) is 15.0. The van der Waals surface area contributed by atoms with Gasteiger partial charge in [-0.25, -0.2) is 4.98 Å². The predicted octanol–water partition coefficient (Wildman–Crippen LogP) is 10.2. The zero-order chi connectivity index (χ0) is 29.0. The second kappa shape index (κ2) is 12.6. The second-order valence-corrected chi connectivity index (χ2v) is 18.2. The summed E-state index contributed by atoms with van der Waals surface area (Å²) < 4.78 is 12.9. The van der Waals surface area contributed by atoms with Crippen molar-refractivity contribution in [2.24, 2.45) is 26.4 Å². The number of nitrogens with zero attached hydrogens (tertiary/aromatic N) is 6. The van der Waals surface area contributed by atoms with Gasteiger partial charge in [0.15, 0.2) is 8.32 Å². The molecular formula is C30H38N6O2S2Si. The summed E-state index contributed by atoms with van der Waals surface area (Å²) in [6.07, 6.45) is 0.897. The average molecular weight is 607 g/mol. The van der Waals surface area contributed by atoms with Gasteiger partial charge in [-0.2, -0.15) is 0 Å². The van der Waals surface area contributed by atoms with Crippen molar-refractivity contribution in [3.63, 3.8) is 0 Å². The molecule has 216 valence electrons. The highest BCUT2D eigenvalue weighted by Crippen LogP contribution is 2.44. The van der Waals surface area contributed by atoms with Crippen molar-refractivity contribution in [2.75, 3.05) is 31.4 Å². The Bertz CT molecular complexity index is 1470. The number of benzene rings is 2. The van der Waals surface area contributed by atoms with Crippen LogP contribution in [0, 0.1) is 5.92 Å². The van der Waals surface area contributed by atoms with Gasteiger partial charge in [0.2, 0.25) is 5.13 Å². The standard InChI is InChI=1S/C30H38N6O2S2Si/c1-21(2)30(3,4)41(5,6)38-17-15-22-7-9-23(10-8-22)32-34-27-19-26-28(40-27)31-29(39-26)35-33-24-11-13-25(14-12-24)36-16-18-37-20-36/h7-14,19,21H,15-18,20H2,1-6H3. The smallest absolute Gasteiger partial charge is 0.231 e. The van der Waals surface area contributed by atoms with Crippen LogP contribution < -0.4 is 4.90 Å². The van der Waals surface area contributed by atoms with Crippen molar-refractivity contribution in [1.29, 1.82) is 0 Å². The average Bonchev–Trinajstić information content (AvgIpc) is 3.69. The molecule has 11 heteroatoms. The summed E-state index contributed by atoms with van der Waals surface area (Å²) in [5.41, 5.74) is 4.00. The number of ether oxygens (including phenoxy) is 1. The summed E-state index contributed by atoms with van der Waals surface area (Å²) >= 11 is 3.00. The molecule has 5 rings (SSSR count). The van der Waals surface area contributed by atoms with Crippen molar-refractivity contribution < 1.29 is 9.16 Å². The number of thiazole rings is 1. The fourth-order valence-corrected chi connectivity index (χ4v) is 8.62. The van der Waals surface area contributed by atoms with Crippen molar-refractivity contribution in [1.82, 2.24) is 4.98 Å². The summed E-state index contributed by atoms with van der Waals surface area (Å²) in [4.78, 5) is 7.69. The first-order valence-corrected chi connectivity index (χ1v) is 18.5. The van der Waals surface area contributed by atoms with E-state index in [1.807, 2.05) is 42.5 Å². The highest BCUT2D eigenvalue weighted by Gasteiger charge is 2.43. The minimum absolute atomic E-state index is 0.227. The molecular weight excluding hydrogens is 569 g/mol. The first-order valence-electron chi connectivity index (χ1n) is 14.0. The van der Waals surface area contributed by atoms with E-state index in [1.54, 1.807) is 0 Å². The van der Waals surface area contributed by atoms with Crippen molar-refractivity contribution >= 4 is 67.7 Å². The van der Waals surface area contributed by atoms with Crippen LogP contribution in [0.2, 0.25) is 18.1 Å². The molecule has 0 atom stereocenters. The molecule has 0 amide bonds. The third-order valence-corrected chi connectivity index (χ3v) is 14.9. The fourth-order valence-electron chi connectivity index (χ4n) is 4.39. The van der Waals surface area contributed by atoms with E-state index in [0.29, 0.717) is 17.8 Å². The van der Waals surface area contributed by atoms with E-state index < -0.39 is 8.32 Å². The molecule has 1 aliphatic heterocycles. The third kappa shape index (κ3) is 7.15. The van der Waals surface area contributed by atoms with E-state index in [-0.39, 0.29) is 5.04 Å². The zero-order valence-electron chi connectivity index (χ0n) is 24.6. The molecule has 4 aromatic rings. The van der Waals surface area contributed by atoms with Gasteiger partial charge in [-0.3, -0.25) is 0 Å². The molecule has 0 unspecified atom stereocenters. The van der Waals surface area contributed by atoms with Gasteiger partial charge in [-0.05, 0) is 78.5 Å². The zero-order valence-corrected chi connectivity index (χ0v) is 27.3. The molecule has 1 aliphatic rings. The molecule has 2 aromatic carbocycles. The Hall–Kier alpha value is -2.83. The van der Waals surface area contributed by atoms with Crippen LogP contribution in [0.4, 0.5) is 27.2 Å². The number of aromatic nitrogens is 1. The molecule has 0 radical (unpaired) electrons. The maximum atomic E-state index is 6.46. The SMILES string of the molecule is CC(C)C(C)(C)[Si](C)(C)OCCc1ccc(N=Nc2cc3sc(N=Nc4ccc(N5CCOC5)cc4)nc3s2)cc1. The van der Waals surface area contributed by atoms with Gasteiger partial charge in [0.1, 0.15) is 16.6 Å². The summed E-state index contributed by atoms with van der Waals surface area (Å²) in [7, 11) is -1.80. The van der Waals surface area contributed by atoms with Crippen molar-refractivity contribution in [3.8, 4) is 0 Å². The summed E-state index contributed by atoms with van der Waals surface area (Å²) in [6, 6.07) is 18.3. The molecule has 1 saturated heterocycles. The Kier molecular flexibility index (Phi) is 9.10. The molecule has 0 saturated carbocycles. The molecule has 0 spiro atoms. The van der Waals surface area contributed by atoms with Gasteiger partial charge < -0.3 is 14.1 Å². The molecule has 1 fully saturated rings. The van der Waals surface area contributed by atoms with E-state index in [0.717, 1.165) is 57.8 Å². The van der Waals surface area contributed by atoms with Crippen LogP contribution in [0.5, 0.6) is 0 Å². The van der Waals surface area contributed by atoms with Crippen LogP contribution in [0.1, 0.15) is 33.3 Å². The van der Waals surface area contributed by atoms with Crippen LogP contribution >= 0.6 is 22.7 Å². The number of hydrogen-bond donors (Lipinski definition) is 0. The lowest BCUT2D eigenvalue weighted by atomic mass is 9.99. The monoisotopic (exact) mass is 606 g/mol. The number of anilines is 1. The molecule has 41 heavy (non-hydrogen) atoms. The summed E-state index contributed by atoms with van der Waals surface area (Å²) in [5.74, 6) is 0.598. The molecule has 0 aliphatic carbocycles. The lowest BCUT2D eigenvalue weighted by molar-refractivity contribution is 0.201. The first-order chi connectivity index (χ1) is 19.6. The topological polar surface area (TPSA) is 84.0 Å². The van der Waals surface area contributed by atoms with Gasteiger partial charge in [0, 0.05) is 18.8 Å². The van der Waals surface area contributed by atoms with Crippen LogP contribution in [-0.2, 0) is 15.6 Å². The first kappa shape index (κ1) is 29.7. The lowest BCUT2D eigenvalue weighted by Gasteiger charge is -2.42. The highest BCUT2D eigenvalue weighted by atomic mass is 32.1. The Morgan fingerprint density at radius 1 is 0.976 bits per heavy atom. The Labute approximate surface area is 251 Å². The Balaban J connectivity index is 1.13. The largest absolute Gasteiger partial charge is 0.416 e. The fraction of sp³-hybridized carbons (Fsp3) is 0.433. The Morgan fingerprint density at radius 3 is 2.29 bits per heavy atom. The number of azo groups is 2. The molecule has 0 bridgehead atoms. The Morgan fingerprint density at radius 2 is 1.66 bits per heavy atom.